The number of aliphatic hydroxyl groups excluding tert-OH is 1. The fourth-order valence-corrected chi connectivity index (χ4v) is 2.46. The minimum atomic E-state index is -0.119. The number of anilines is 1. The van der Waals surface area contributed by atoms with Gasteiger partial charge < -0.3 is 15.6 Å². The van der Waals surface area contributed by atoms with E-state index in [9.17, 15) is 0 Å². The molecule has 0 radical (unpaired) electrons. The number of hydrogen-bond acceptors (Lipinski definition) is 6. The summed E-state index contributed by atoms with van der Waals surface area (Å²) in [4.78, 5) is 8.12. The molecule has 0 amide bonds. The van der Waals surface area contributed by atoms with Crippen molar-refractivity contribution in [2.24, 2.45) is 5.92 Å². The third kappa shape index (κ3) is 1.63. The first-order valence-electron chi connectivity index (χ1n) is 5.91. The van der Waals surface area contributed by atoms with Gasteiger partial charge in [0.25, 0.3) is 0 Å². The summed E-state index contributed by atoms with van der Waals surface area (Å²) >= 11 is 0. The Morgan fingerprint density at radius 2 is 2.39 bits per heavy atom. The summed E-state index contributed by atoms with van der Waals surface area (Å²) in [5.74, 6) is 0.652. The molecule has 3 rings (SSSR count). The zero-order valence-electron chi connectivity index (χ0n) is 10.0. The van der Waals surface area contributed by atoms with E-state index in [0.717, 1.165) is 12.1 Å². The van der Waals surface area contributed by atoms with Gasteiger partial charge in [-0.3, -0.25) is 0 Å². The second-order valence-corrected chi connectivity index (χ2v) is 4.64. The van der Waals surface area contributed by atoms with Gasteiger partial charge in [-0.2, -0.15) is 5.10 Å². The van der Waals surface area contributed by atoms with E-state index in [0.29, 0.717) is 17.4 Å². The highest BCUT2D eigenvalue weighted by Gasteiger charge is 2.35. The third-order valence-corrected chi connectivity index (χ3v) is 3.34. The molecule has 7 nitrogen and oxygen atoms in total. The fraction of sp³-hybridized carbons (Fsp3) is 0.545. The largest absolute Gasteiger partial charge is 0.394 e. The number of nitrogens with two attached hydrogens (primary N) is 1. The molecule has 2 aromatic heterocycles. The van der Waals surface area contributed by atoms with Crippen molar-refractivity contribution in [3.05, 3.63) is 18.2 Å². The van der Waals surface area contributed by atoms with E-state index >= 15 is 0 Å². The molecule has 2 unspecified atom stereocenters. The highest BCUT2D eigenvalue weighted by molar-refractivity contribution is 5.58. The summed E-state index contributed by atoms with van der Waals surface area (Å²) in [6.07, 6.45) is 3.70. The Labute approximate surface area is 104 Å². The molecule has 0 spiro atoms. The molecule has 96 valence electrons. The smallest absolute Gasteiger partial charge is 0.196 e. The van der Waals surface area contributed by atoms with Crippen molar-refractivity contribution in [1.82, 2.24) is 19.6 Å². The van der Waals surface area contributed by atoms with E-state index in [-0.39, 0.29) is 18.8 Å². The molecule has 1 aliphatic rings. The van der Waals surface area contributed by atoms with Gasteiger partial charge in [-0.05, 0) is 12.3 Å². The van der Waals surface area contributed by atoms with Crippen molar-refractivity contribution >= 4 is 11.5 Å². The normalized spacial score (nSPS) is 28.0. The molecule has 3 N–H and O–H groups in total. The molecule has 3 atom stereocenters. The van der Waals surface area contributed by atoms with Crippen molar-refractivity contribution < 1.29 is 9.84 Å². The second kappa shape index (κ2) is 4.18. The molecule has 0 bridgehead atoms. The van der Waals surface area contributed by atoms with Crippen LogP contribution in [-0.2, 0) is 4.74 Å². The van der Waals surface area contributed by atoms with E-state index in [2.05, 4.69) is 22.0 Å². The zero-order chi connectivity index (χ0) is 12.7. The summed E-state index contributed by atoms with van der Waals surface area (Å²) < 4.78 is 7.46. The van der Waals surface area contributed by atoms with Crippen LogP contribution >= 0.6 is 0 Å². The van der Waals surface area contributed by atoms with E-state index in [1.165, 1.54) is 6.33 Å². The van der Waals surface area contributed by atoms with Crippen molar-refractivity contribution in [2.75, 3.05) is 12.3 Å². The molecule has 1 saturated heterocycles. The first-order chi connectivity index (χ1) is 8.70. The fourth-order valence-electron chi connectivity index (χ4n) is 2.46. The van der Waals surface area contributed by atoms with Crippen LogP contribution in [0.3, 0.4) is 0 Å². The third-order valence-electron chi connectivity index (χ3n) is 3.34. The predicted molar refractivity (Wildman–Crippen MR) is 63.7 cm³/mol. The molecule has 0 aromatic carbocycles. The van der Waals surface area contributed by atoms with Gasteiger partial charge in [-0.15, -0.1) is 0 Å². The molecule has 0 saturated carbocycles. The quantitative estimate of drug-likeness (QED) is 0.787. The Kier molecular flexibility index (Phi) is 2.64. The van der Waals surface area contributed by atoms with Crippen molar-refractivity contribution in [3.63, 3.8) is 0 Å². The van der Waals surface area contributed by atoms with Gasteiger partial charge in [-0.1, -0.05) is 6.92 Å². The number of fused-ring (bicyclic) bond motifs is 1. The minimum Gasteiger partial charge on any atom is -0.394 e. The number of hydrogen-bond donors (Lipinski definition) is 2. The first kappa shape index (κ1) is 11.4. The van der Waals surface area contributed by atoms with Gasteiger partial charge in [-0.25, -0.2) is 14.5 Å². The summed E-state index contributed by atoms with van der Waals surface area (Å²) in [6.45, 7) is 2.12. The van der Waals surface area contributed by atoms with Crippen LogP contribution in [0.1, 0.15) is 25.1 Å². The van der Waals surface area contributed by atoms with Crippen LogP contribution in [0.5, 0.6) is 0 Å². The highest BCUT2D eigenvalue weighted by Crippen LogP contribution is 2.37. The molecule has 18 heavy (non-hydrogen) atoms. The number of ether oxygens (including phenoxy) is 1. The molecule has 0 aliphatic carbocycles. The van der Waals surface area contributed by atoms with Crippen LogP contribution in [0.15, 0.2) is 12.5 Å². The van der Waals surface area contributed by atoms with Crippen LogP contribution in [0, 0.1) is 5.92 Å². The molecule has 3 heterocycles. The predicted octanol–water partition coefficient (Wildman–Crippen LogP) is 0.165. The van der Waals surface area contributed by atoms with Crippen molar-refractivity contribution in [3.8, 4) is 0 Å². The maximum atomic E-state index is 9.16. The van der Waals surface area contributed by atoms with Crippen LogP contribution in [0.2, 0.25) is 0 Å². The van der Waals surface area contributed by atoms with E-state index in [1.54, 1.807) is 10.7 Å². The van der Waals surface area contributed by atoms with Crippen LogP contribution in [-0.4, -0.2) is 37.4 Å². The standard InChI is InChI=1S/C11H15N5O2/c1-6-2-7(4-17)18-9(6)8-3-13-11-10(12)14-5-15-16(8)11/h3,5-7,9,17H,2,4H2,1H3,(H2,12,14,15)/t6?,7?,9-/m1/s1. The minimum absolute atomic E-state index is 0.0364. The van der Waals surface area contributed by atoms with Gasteiger partial charge in [0, 0.05) is 0 Å². The molecule has 7 heteroatoms. The highest BCUT2D eigenvalue weighted by atomic mass is 16.5. The number of aromatic nitrogens is 4. The van der Waals surface area contributed by atoms with Crippen molar-refractivity contribution in [2.45, 2.75) is 25.6 Å². The van der Waals surface area contributed by atoms with Crippen LogP contribution in [0.25, 0.3) is 5.65 Å². The zero-order valence-corrected chi connectivity index (χ0v) is 10.0. The molecular weight excluding hydrogens is 234 g/mol. The van der Waals surface area contributed by atoms with Gasteiger partial charge in [0.15, 0.2) is 11.5 Å². The lowest BCUT2D eigenvalue weighted by Crippen LogP contribution is -2.12. The lowest BCUT2D eigenvalue weighted by Gasteiger charge is -2.14. The molecule has 2 aromatic rings. The summed E-state index contributed by atoms with van der Waals surface area (Å²) in [5, 5.41) is 13.3. The first-order valence-corrected chi connectivity index (χ1v) is 5.91. The molecule has 1 fully saturated rings. The van der Waals surface area contributed by atoms with Crippen LogP contribution < -0.4 is 5.73 Å². The topological polar surface area (TPSA) is 98.6 Å². The maximum Gasteiger partial charge on any atom is 0.196 e. The van der Waals surface area contributed by atoms with Crippen molar-refractivity contribution in [1.29, 1.82) is 0 Å². The summed E-state index contributed by atoms with van der Waals surface area (Å²) in [5.41, 5.74) is 7.13. The number of nitrogen functional groups attached to an aromatic ring is 1. The average molecular weight is 249 g/mol. The van der Waals surface area contributed by atoms with Gasteiger partial charge in [0.2, 0.25) is 0 Å². The van der Waals surface area contributed by atoms with Gasteiger partial charge >= 0.3 is 0 Å². The van der Waals surface area contributed by atoms with Gasteiger partial charge in [0.05, 0.1) is 24.6 Å². The lowest BCUT2D eigenvalue weighted by atomic mass is 10.00. The SMILES string of the molecule is CC1CC(CO)O[C@H]1c1cnc2c(N)ncnn12. The monoisotopic (exact) mass is 249 g/mol. The number of rotatable bonds is 2. The Bertz CT molecular complexity index is 570. The summed E-state index contributed by atoms with van der Waals surface area (Å²) in [7, 11) is 0. The number of nitrogens with zero attached hydrogens (tertiary/aromatic N) is 4. The number of imidazole rings is 1. The lowest BCUT2D eigenvalue weighted by molar-refractivity contribution is 0.00251. The Balaban J connectivity index is 2.02. The molecular formula is C11H15N5O2. The Morgan fingerprint density at radius 1 is 1.56 bits per heavy atom. The Morgan fingerprint density at radius 3 is 3.11 bits per heavy atom. The van der Waals surface area contributed by atoms with E-state index in [1.807, 2.05) is 0 Å². The Hall–Kier alpha value is -1.73. The molecule has 1 aliphatic heterocycles. The van der Waals surface area contributed by atoms with E-state index in [4.69, 9.17) is 15.6 Å². The summed E-state index contributed by atoms with van der Waals surface area (Å²) in [6, 6.07) is 0. The van der Waals surface area contributed by atoms with Crippen LogP contribution in [0.4, 0.5) is 5.82 Å². The maximum absolute atomic E-state index is 9.16. The average Bonchev–Trinajstić information content (AvgIpc) is 2.93. The second-order valence-electron chi connectivity index (χ2n) is 4.64. The van der Waals surface area contributed by atoms with Gasteiger partial charge in [0.1, 0.15) is 12.4 Å². The number of aliphatic hydroxyl groups is 1. The van der Waals surface area contributed by atoms with E-state index < -0.39 is 0 Å².